The van der Waals surface area contributed by atoms with Crippen molar-refractivity contribution in [2.75, 3.05) is 12.9 Å². The van der Waals surface area contributed by atoms with E-state index in [0.717, 1.165) is 5.56 Å². The fraction of sp³-hybridized carbons (Fsp3) is 0.300. The molecule has 0 aliphatic rings. The van der Waals surface area contributed by atoms with Gasteiger partial charge in [0.1, 0.15) is 11.9 Å². The van der Waals surface area contributed by atoms with Crippen LogP contribution in [0.1, 0.15) is 41.4 Å². The minimum absolute atomic E-state index is 0.0425. The summed E-state index contributed by atoms with van der Waals surface area (Å²) < 4.78 is 10.7. The maximum Gasteiger partial charge on any atom is 0.316 e. The molecule has 2 aromatic rings. The van der Waals surface area contributed by atoms with Crippen molar-refractivity contribution < 1.29 is 24.0 Å². The number of Topliss-reactive ketones (excluding diaryl/α,β-unsaturated/α-hetero) is 1. The fourth-order valence-electron chi connectivity index (χ4n) is 2.55. The van der Waals surface area contributed by atoms with E-state index in [1.54, 1.807) is 44.4 Å². The molecule has 2 aromatic carbocycles. The van der Waals surface area contributed by atoms with E-state index in [-0.39, 0.29) is 17.2 Å². The van der Waals surface area contributed by atoms with Gasteiger partial charge in [-0.1, -0.05) is 12.1 Å². The Labute approximate surface area is 167 Å². The van der Waals surface area contributed by atoms with Crippen LogP contribution in [0, 0.1) is 10.1 Å². The van der Waals surface area contributed by atoms with E-state index in [1.807, 2.05) is 0 Å². The third kappa shape index (κ3) is 5.82. The Hall–Kier alpha value is -2.87. The van der Waals surface area contributed by atoms with Crippen molar-refractivity contribution in [1.82, 2.24) is 0 Å². The zero-order valence-corrected chi connectivity index (χ0v) is 16.7. The highest BCUT2D eigenvalue weighted by Crippen LogP contribution is 2.26. The van der Waals surface area contributed by atoms with Crippen LogP contribution in [0.5, 0.6) is 5.75 Å². The topological polar surface area (TPSA) is 95.7 Å². The Kier molecular flexibility index (Phi) is 7.57. The molecule has 0 radical (unpaired) electrons. The average Bonchev–Trinajstić information content (AvgIpc) is 2.67. The van der Waals surface area contributed by atoms with Crippen LogP contribution < -0.4 is 4.74 Å². The molecule has 0 aliphatic heterocycles. The summed E-state index contributed by atoms with van der Waals surface area (Å²) in [5.74, 6) is 0.762. The number of hydrogen-bond donors (Lipinski definition) is 0. The molecule has 0 spiro atoms. The molecule has 0 saturated carbocycles. The molecular weight excluding hydrogens is 382 g/mol. The number of thioether (sulfide) groups is 1. The molecule has 0 heterocycles. The molecule has 2 rings (SSSR count). The summed E-state index contributed by atoms with van der Waals surface area (Å²) in [6.45, 7) is 3.16. The molecule has 8 heteroatoms. The summed E-state index contributed by atoms with van der Waals surface area (Å²) in [7, 11) is 1.55. The lowest BCUT2D eigenvalue weighted by molar-refractivity contribution is -0.385. The smallest absolute Gasteiger partial charge is 0.316 e. The van der Waals surface area contributed by atoms with Gasteiger partial charge in [-0.15, -0.1) is 11.8 Å². The Morgan fingerprint density at radius 1 is 1.21 bits per heavy atom. The fourth-order valence-corrected chi connectivity index (χ4v) is 3.33. The number of carbonyl (C=O) groups is 2. The lowest BCUT2D eigenvalue weighted by atomic mass is 10.1. The van der Waals surface area contributed by atoms with Crippen LogP contribution in [0.15, 0.2) is 42.5 Å². The maximum absolute atomic E-state index is 12.1. The predicted molar refractivity (Wildman–Crippen MR) is 107 cm³/mol. The minimum atomic E-state index is -0.594. The van der Waals surface area contributed by atoms with Crippen LogP contribution in [0.2, 0.25) is 0 Å². The van der Waals surface area contributed by atoms with Gasteiger partial charge in [-0.25, -0.2) is 0 Å². The van der Waals surface area contributed by atoms with E-state index in [4.69, 9.17) is 9.47 Å². The van der Waals surface area contributed by atoms with Crippen molar-refractivity contribution in [2.45, 2.75) is 25.7 Å². The third-order valence-corrected chi connectivity index (χ3v) is 4.98. The number of ketones is 1. The van der Waals surface area contributed by atoms with Crippen LogP contribution in [-0.4, -0.2) is 29.5 Å². The number of nitro groups is 1. The molecule has 0 amide bonds. The molecule has 0 N–H and O–H groups in total. The van der Waals surface area contributed by atoms with Crippen LogP contribution in [0.4, 0.5) is 5.69 Å². The van der Waals surface area contributed by atoms with Crippen LogP contribution in [0.25, 0.3) is 0 Å². The van der Waals surface area contributed by atoms with Crippen molar-refractivity contribution in [3.05, 3.63) is 69.3 Å². The summed E-state index contributed by atoms with van der Waals surface area (Å²) in [4.78, 5) is 34.0. The number of nitrogens with zero attached hydrogens (tertiary/aromatic N) is 1. The van der Waals surface area contributed by atoms with Crippen LogP contribution >= 0.6 is 11.8 Å². The number of nitro benzene ring substituents is 1. The molecule has 0 saturated heterocycles. The molecule has 1 atom stereocenters. The largest absolute Gasteiger partial charge is 0.496 e. The maximum atomic E-state index is 12.1. The number of esters is 1. The van der Waals surface area contributed by atoms with Crippen LogP contribution in [0.3, 0.4) is 0 Å². The van der Waals surface area contributed by atoms with E-state index < -0.39 is 17.0 Å². The van der Waals surface area contributed by atoms with E-state index >= 15 is 0 Å². The first-order valence-electron chi connectivity index (χ1n) is 8.51. The van der Waals surface area contributed by atoms with Gasteiger partial charge in [0.15, 0.2) is 5.78 Å². The highest BCUT2D eigenvalue weighted by molar-refractivity contribution is 7.99. The number of carbonyl (C=O) groups excluding carboxylic acids is 2. The van der Waals surface area contributed by atoms with Crippen molar-refractivity contribution in [2.24, 2.45) is 0 Å². The van der Waals surface area contributed by atoms with Crippen molar-refractivity contribution in [3.8, 4) is 5.75 Å². The lowest BCUT2D eigenvalue weighted by Crippen LogP contribution is -2.11. The first-order valence-corrected chi connectivity index (χ1v) is 9.66. The summed E-state index contributed by atoms with van der Waals surface area (Å²) in [5.41, 5.74) is 1.91. The van der Waals surface area contributed by atoms with Gasteiger partial charge >= 0.3 is 5.97 Å². The molecule has 7 nitrogen and oxygen atoms in total. The Morgan fingerprint density at radius 3 is 2.61 bits per heavy atom. The number of benzene rings is 2. The second-order valence-electron chi connectivity index (χ2n) is 6.06. The standard InChI is InChI=1S/C20H21NO6S/c1-13(22)15-7-8-19(26-3)17(9-15)11-28-12-20(23)27-14(2)16-5-4-6-18(10-16)21(24)25/h4-10,14H,11-12H2,1-3H3/t14-/m0/s1. The summed E-state index contributed by atoms with van der Waals surface area (Å²) in [6.07, 6.45) is -0.594. The van der Waals surface area contributed by atoms with Gasteiger partial charge in [-0.2, -0.15) is 0 Å². The number of hydrogen-bond acceptors (Lipinski definition) is 7. The van der Waals surface area contributed by atoms with Crippen molar-refractivity contribution in [1.29, 1.82) is 0 Å². The first kappa shape index (κ1) is 21.4. The van der Waals surface area contributed by atoms with Gasteiger partial charge in [0.25, 0.3) is 5.69 Å². The average molecular weight is 403 g/mol. The highest BCUT2D eigenvalue weighted by atomic mass is 32.2. The zero-order valence-electron chi connectivity index (χ0n) is 15.8. The number of methoxy groups -OCH3 is 1. The number of rotatable bonds is 9. The molecule has 0 bridgehead atoms. The van der Waals surface area contributed by atoms with Gasteiger partial charge in [0.2, 0.25) is 0 Å². The summed E-state index contributed by atoms with van der Waals surface area (Å²) in [6, 6.07) is 11.2. The predicted octanol–water partition coefficient (Wildman–Crippen LogP) is 4.34. The monoisotopic (exact) mass is 403 g/mol. The molecule has 148 valence electrons. The van der Waals surface area contributed by atoms with Gasteiger partial charge in [-0.05, 0) is 37.6 Å². The van der Waals surface area contributed by atoms with E-state index in [1.165, 1.54) is 30.8 Å². The van der Waals surface area contributed by atoms with Gasteiger partial charge in [0, 0.05) is 29.0 Å². The van der Waals surface area contributed by atoms with Crippen molar-refractivity contribution in [3.63, 3.8) is 0 Å². The Balaban J connectivity index is 1.92. The molecule has 0 unspecified atom stereocenters. The third-order valence-electron chi connectivity index (χ3n) is 4.02. The second kappa shape index (κ2) is 9.89. The molecule has 0 aliphatic carbocycles. The number of non-ortho nitro benzene ring substituents is 1. The van der Waals surface area contributed by atoms with E-state index in [2.05, 4.69) is 0 Å². The van der Waals surface area contributed by atoms with Crippen molar-refractivity contribution >= 4 is 29.2 Å². The summed E-state index contributed by atoms with van der Waals surface area (Å²) in [5, 5.41) is 10.9. The SMILES string of the molecule is COc1ccc(C(C)=O)cc1CSCC(=O)O[C@@H](C)c1cccc([N+](=O)[O-])c1. The molecule has 0 aromatic heterocycles. The Bertz CT molecular complexity index is 883. The Morgan fingerprint density at radius 2 is 1.96 bits per heavy atom. The summed E-state index contributed by atoms with van der Waals surface area (Å²) >= 11 is 1.34. The van der Waals surface area contributed by atoms with Gasteiger partial charge < -0.3 is 9.47 Å². The van der Waals surface area contributed by atoms with Gasteiger partial charge in [-0.3, -0.25) is 19.7 Å². The minimum Gasteiger partial charge on any atom is -0.496 e. The molecule has 0 fully saturated rings. The van der Waals surface area contributed by atoms with E-state index in [9.17, 15) is 19.7 Å². The quantitative estimate of drug-likeness (QED) is 0.266. The van der Waals surface area contributed by atoms with Crippen LogP contribution in [-0.2, 0) is 15.3 Å². The first-order chi connectivity index (χ1) is 13.3. The zero-order chi connectivity index (χ0) is 20.7. The van der Waals surface area contributed by atoms with E-state index in [0.29, 0.717) is 22.6 Å². The van der Waals surface area contributed by atoms with Gasteiger partial charge in [0.05, 0.1) is 17.8 Å². The molecule has 28 heavy (non-hydrogen) atoms. The second-order valence-corrected chi connectivity index (χ2v) is 7.05. The normalized spacial score (nSPS) is 11.5. The number of ether oxygens (including phenoxy) is 2. The lowest BCUT2D eigenvalue weighted by Gasteiger charge is -2.14. The molecular formula is C20H21NO6S. The highest BCUT2D eigenvalue weighted by Gasteiger charge is 2.15.